The summed E-state index contributed by atoms with van der Waals surface area (Å²) in [4.78, 5) is 19.1. The maximum Gasteiger partial charge on any atom is 0.338 e. The van der Waals surface area contributed by atoms with E-state index in [0.717, 1.165) is 16.9 Å². The quantitative estimate of drug-likeness (QED) is 0.352. The highest BCUT2D eigenvalue weighted by Crippen LogP contribution is 2.37. The Morgan fingerprint density at radius 2 is 1.89 bits per heavy atom. The van der Waals surface area contributed by atoms with Crippen molar-refractivity contribution in [2.75, 3.05) is 18.6 Å². The first-order chi connectivity index (χ1) is 17.3. The van der Waals surface area contributed by atoms with Gasteiger partial charge in [0.25, 0.3) is 0 Å². The lowest BCUT2D eigenvalue weighted by atomic mass is 10.1. The van der Waals surface area contributed by atoms with E-state index in [-0.39, 0.29) is 5.97 Å². The number of anilines is 2. The van der Waals surface area contributed by atoms with E-state index in [1.165, 1.54) is 0 Å². The molecular formula is C29H30N2O5. The van der Waals surface area contributed by atoms with Gasteiger partial charge in [0.1, 0.15) is 18.0 Å². The maximum atomic E-state index is 12.8. The van der Waals surface area contributed by atoms with E-state index in [9.17, 15) is 4.79 Å². The van der Waals surface area contributed by atoms with Crippen molar-refractivity contribution in [2.24, 2.45) is 0 Å². The molecule has 2 heterocycles. The van der Waals surface area contributed by atoms with Gasteiger partial charge in [-0.3, -0.25) is 4.98 Å². The molecule has 0 saturated heterocycles. The summed E-state index contributed by atoms with van der Waals surface area (Å²) in [5.41, 5.74) is 2.57. The first kappa shape index (κ1) is 24.9. The first-order valence-electron chi connectivity index (χ1n) is 11.7. The van der Waals surface area contributed by atoms with Crippen molar-refractivity contribution in [3.8, 4) is 11.5 Å². The van der Waals surface area contributed by atoms with Crippen molar-refractivity contribution in [3.63, 3.8) is 0 Å². The highest BCUT2D eigenvalue weighted by molar-refractivity contribution is 5.91. The molecule has 0 radical (unpaired) electrons. The smallest absolute Gasteiger partial charge is 0.338 e. The van der Waals surface area contributed by atoms with E-state index in [2.05, 4.69) is 9.88 Å². The normalized spacial score (nSPS) is 12.8. The van der Waals surface area contributed by atoms with E-state index >= 15 is 0 Å². The van der Waals surface area contributed by atoms with Crippen LogP contribution in [0.4, 0.5) is 11.4 Å². The van der Waals surface area contributed by atoms with Crippen molar-refractivity contribution in [1.29, 1.82) is 0 Å². The summed E-state index contributed by atoms with van der Waals surface area (Å²) in [7, 11) is 1.60. The van der Waals surface area contributed by atoms with Crippen LogP contribution in [0.1, 0.15) is 36.7 Å². The number of pyridine rings is 1. The van der Waals surface area contributed by atoms with Gasteiger partial charge in [-0.15, -0.1) is 0 Å². The summed E-state index contributed by atoms with van der Waals surface area (Å²) in [6.07, 6.45) is 8.77. The highest BCUT2D eigenvalue weighted by atomic mass is 16.6. The van der Waals surface area contributed by atoms with Crippen LogP contribution in [-0.4, -0.2) is 30.3 Å². The summed E-state index contributed by atoms with van der Waals surface area (Å²) in [5, 5.41) is 0. The largest absolute Gasteiger partial charge is 0.497 e. The number of rotatable bonds is 8. The Hall–Kier alpha value is -4.26. The summed E-state index contributed by atoms with van der Waals surface area (Å²) in [5.74, 6) is 1.46. The molecule has 1 aliphatic rings. The molecule has 0 saturated carbocycles. The molecule has 4 rings (SSSR count). The average Bonchev–Trinajstić information content (AvgIpc) is 2.87. The third kappa shape index (κ3) is 6.44. The Morgan fingerprint density at radius 1 is 1.06 bits per heavy atom. The van der Waals surface area contributed by atoms with Crippen LogP contribution in [0.2, 0.25) is 0 Å². The van der Waals surface area contributed by atoms with Crippen LogP contribution in [0.3, 0.4) is 0 Å². The number of esters is 1. The Kier molecular flexibility index (Phi) is 7.59. The lowest BCUT2D eigenvalue weighted by molar-refractivity contribution is 0.00695. The zero-order chi connectivity index (χ0) is 25.5. The van der Waals surface area contributed by atoms with Gasteiger partial charge in [0.05, 0.1) is 18.9 Å². The number of hydrogen-bond acceptors (Lipinski definition) is 7. The van der Waals surface area contributed by atoms with Crippen molar-refractivity contribution in [3.05, 3.63) is 102 Å². The molecule has 0 aliphatic carbocycles. The van der Waals surface area contributed by atoms with Gasteiger partial charge < -0.3 is 23.8 Å². The fraction of sp³-hybridized carbons (Fsp3) is 0.241. The van der Waals surface area contributed by atoms with Gasteiger partial charge in [0, 0.05) is 42.5 Å². The lowest BCUT2D eigenvalue weighted by Gasteiger charge is -2.27. The molecule has 36 heavy (non-hydrogen) atoms. The van der Waals surface area contributed by atoms with Crippen LogP contribution in [0, 0.1) is 0 Å². The van der Waals surface area contributed by atoms with E-state index in [0.29, 0.717) is 36.0 Å². The van der Waals surface area contributed by atoms with Gasteiger partial charge in [0.15, 0.2) is 11.5 Å². The van der Waals surface area contributed by atoms with Crippen LogP contribution in [0.15, 0.2) is 91.2 Å². The fourth-order valence-corrected chi connectivity index (χ4v) is 3.63. The van der Waals surface area contributed by atoms with Gasteiger partial charge >= 0.3 is 5.97 Å². The van der Waals surface area contributed by atoms with Crippen molar-refractivity contribution >= 4 is 17.3 Å². The molecule has 0 spiro atoms. The van der Waals surface area contributed by atoms with Crippen molar-refractivity contribution in [2.45, 2.75) is 32.9 Å². The third-order valence-electron chi connectivity index (χ3n) is 5.25. The average molecular weight is 487 g/mol. The first-order valence-corrected chi connectivity index (χ1v) is 11.7. The second kappa shape index (κ2) is 11.0. The van der Waals surface area contributed by atoms with E-state index in [4.69, 9.17) is 18.9 Å². The number of carbonyl (C=O) groups is 1. The van der Waals surface area contributed by atoms with Crippen LogP contribution in [-0.2, 0) is 16.0 Å². The van der Waals surface area contributed by atoms with Crippen LogP contribution in [0.5, 0.6) is 11.5 Å². The predicted octanol–water partition coefficient (Wildman–Crippen LogP) is 6.19. The number of benzene rings is 2. The van der Waals surface area contributed by atoms with E-state index in [1.54, 1.807) is 31.7 Å². The molecule has 0 unspecified atom stereocenters. The van der Waals surface area contributed by atoms with E-state index in [1.807, 2.05) is 81.6 Å². The summed E-state index contributed by atoms with van der Waals surface area (Å²) < 4.78 is 22.5. The van der Waals surface area contributed by atoms with Crippen LogP contribution >= 0.6 is 0 Å². The Labute approximate surface area is 211 Å². The number of allylic oxidation sites excluding steroid dienone is 1. The minimum absolute atomic E-state index is 0.373. The minimum atomic E-state index is -0.585. The molecule has 7 nitrogen and oxygen atoms in total. The van der Waals surface area contributed by atoms with Gasteiger partial charge in [0.2, 0.25) is 0 Å². The molecule has 1 aromatic heterocycles. The summed E-state index contributed by atoms with van der Waals surface area (Å²) >= 11 is 0. The molecule has 0 fully saturated rings. The lowest BCUT2D eigenvalue weighted by Crippen LogP contribution is -2.24. The number of aromatic nitrogens is 1. The van der Waals surface area contributed by atoms with Crippen molar-refractivity contribution in [1.82, 2.24) is 4.98 Å². The van der Waals surface area contributed by atoms with Gasteiger partial charge in [-0.25, -0.2) is 4.79 Å². The zero-order valence-electron chi connectivity index (χ0n) is 20.9. The molecule has 186 valence electrons. The molecular weight excluding hydrogens is 456 g/mol. The van der Waals surface area contributed by atoms with Gasteiger partial charge in [-0.05, 0) is 68.8 Å². The molecule has 1 aliphatic heterocycles. The predicted molar refractivity (Wildman–Crippen MR) is 138 cm³/mol. The van der Waals surface area contributed by atoms with Gasteiger partial charge in [-0.2, -0.15) is 0 Å². The maximum absolute atomic E-state index is 12.8. The van der Waals surface area contributed by atoms with Crippen molar-refractivity contribution < 1.29 is 23.7 Å². The molecule has 0 atom stereocenters. The molecule has 2 aromatic carbocycles. The van der Waals surface area contributed by atoms with E-state index < -0.39 is 5.60 Å². The SMILES string of the molecule is COc1ccc(N(Cc2cccnc2)c2cccc(C(=O)OC(C)(C)C)c2)cc1OC1=CCOC=C1. The third-order valence-corrected chi connectivity index (χ3v) is 5.25. The van der Waals surface area contributed by atoms with Crippen LogP contribution in [0.25, 0.3) is 0 Å². The number of hydrogen-bond donors (Lipinski definition) is 0. The molecule has 7 heteroatoms. The Balaban J connectivity index is 1.73. The molecule has 0 bridgehead atoms. The van der Waals surface area contributed by atoms with Crippen LogP contribution < -0.4 is 14.4 Å². The molecule has 3 aromatic rings. The number of methoxy groups -OCH3 is 1. The number of nitrogens with zero attached hydrogens (tertiary/aromatic N) is 2. The molecule has 0 N–H and O–H groups in total. The summed E-state index contributed by atoms with van der Waals surface area (Å²) in [6.45, 7) is 6.52. The minimum Gasteiger partial charge on any atom is -0.497 e. The Bertz CT molecular complexity index is 1260. The summed E-state index contributed by atoms with van der Waals surface area (Å²) in [6, 6.07) is 17.0. The number of ether oxygens (including phenoxy) is 4. The zero-order valence-corrected chi connectivity index (χ0v) is 20.9. The number of carbonyl (C=O) groups excluding carboxylic acids is 1. The second-order valence-corrected chi connectivity index (χ2v) is 9.18. The monoisotopic (exact) mass is 486 g/mol. The fourth-order valence-electron chi connectivity index (χ4n) is 3.63. The Morgan fingerprint density at radius 3 is 2.58 bits per heavy atom. The standard InChI is InChI=1S/C29H30N2O5/c1-29(2,3)36-28(32)22-8-5-9-23(17-22)31(20-21-7-6-14-30-19-21)24-10-11-26(33-4)27(18-24)35-25-12-15-34-16-13-25/h5-15,17-19H,16,20H2,1-4H3. The second-order valence-electron chi connectivity index (χ2n) is 9.18. The topological polar surface area (TPSA) is 70.1 Å². The molecule has 0 amide bonds. The van der Waals surface area contributed by atoms with Gasteiger partial charge in [-0.1, -0.05) is 12.1 Å². The highest BCUT2D eigenvalue weighted by Gasteiger charge is 2.20.